The van der Waals surface area contributed by atoms with Gasteiger partial charge in [-0.2, -0.15) is 4.98 Å². The summed E-state index contributed by atoms with van der Waals surface area (Å²) in [7, 11) is 1.64. The lowest BCUT2D eigenvalue weighted by atomic mass is 10.2. The highest BCUT2D eigenvalue weighted by molar-refractivity contribution is 4.92. The van der Waals surface area contributed by atoms with E-state index >= 15 is 0 Å². The Balaban J connectivity index is 2.24. The fraction of sp³-hybridized carbons (Fsp3) is 0.800. The maximum atomic E-state index is 5.50. The number of nitrogens with zero attached hydrogens (tertiary/aromatic N) is 2. The SMILES string of the molecule is COCCOCCc1noc(C(C)CN)n1. The zero-order chi connectivity index (χ0) is 11.8. The molecule has 1 aromatic heterocycles. The summed E-state index contributed by atoms with van der Waals surface area (Å²) >= 11 is 0. The highest BCUT2D eigenvalue weighted by Gasteiger charge is 2.12. The molecule has 1 aromatic rings. The van der Waals surface area contributed by atoms with Crippen LogP contribution in [0.2, 0.25) is 0 Å². The second-order valence-corrected chi connectivity index (χ2v) is 3.54. The Hall–Kier alpha value is -0.980. The topological polar surface area (TPSA) is 83.4 Å². The molecule has 0 aliphatic rings. The minimum Gasteiger partial charge on any atom is -0.382 e. The fourth-order valence-electron chi connectivity index (χ4n) is 1.08. The molecule has 0 aliphatic carbocycles. The fourth-order valence-corrected chi connectivity index (χ4v) is 1.08. The van der Waals surface area contributed by atoms with Gasteiger partial charge in [-0.1, -0.05) is 12.1 Å². The molecular weight excluding hydrogens is 210 g/mol. The predicted molar refractivity (Wildman–Crippen MR) is 58.2 cm³/mol. The second-order valence-electron chi connectivity index (χ2n) is 3.54. The molecule has 6 nitrogen and oxygen atoms in total. The van der Waals surface area contributed by atoms with Crippen molar-refractivity contribution in [1.82, 2.24) is 10.1 Å². The largest absolute Gasteiger partial charge is 0.382 e. The van der Waals surface area contributed by atoms with E-state index in [0.29, 0.717) is 44.5 Å². The molecule has 1 heterocycles. The third-order valence-electron chi connectivity index (χ3n) is 2.16. The van der Waals surface area contributed by atoms with Crippen molar-refractivity contribution >= 4 is 0 Å². The molecule has 92 valence electrons. The van der Waals surface area contributed by atoms with Gasteiger partial charge < -0.3 is 19.7 Å². The molecule has 1 rings (SSSR count). The second kappa shape index (κ2) is 7.32. The van der Waals surface area contributed by atoms with Gasteiger partial charge in [0.1, 0.15) is 0 Å². The van der Waals surface area contributed by atoms with Crippen LogP contribution in [0.5, 0.6) is 0 Å². The highest BCUT2D eigenvalue weighted by atomic mass is 16.5. The molecule has 0 spiro atoms. The number of hydrogen-bond donors (Lipinski definition) is 1. The highest BCUT2D eigenvalue weighted by Crippen LogP contribution is 2.10. The van der Waals surface area contributed by atoms with Crippen molar-refractivity contribution in [2.75, 3.05) is 33.5 Å². The lowest BCUT2D eigenvalue weighted by Gasteiger charge is -2.00. The van der Waals surface area contributed by atoms with Gasteiger partial charge in [0.05, 0.1) is 19.8 Å². The van der Waals surface area contributed by atoms with E-state index in [4.69, 9.17) is 19.7 Å². The Morgan fingerprint density at radius 3 is 2.88 bits per heavy atom. The summed E-state index contributed by atoms with van der Waals surface area (Å²) in [6.45, 7) is 4.21. The van der Waals surface area contributed by atoms with Crippen LogP contribution in [0.1, 0.15) is 24.6 Å². The summed E-state index contributed by atoms with van der Waals surface area (Å²) in [6, 6.07) is 0. The van der Waals surface area contributed by atoms with Gasteiger partial charge in [-0.3, -0.25) is 0 Å². The van der Waals surface area contributed by atoms with E-state index in [0.717, 1.165) is 0 Å². The van der Waals surface area contributed by atoms with Crippen LogP contribution < -0.4 is 5.73 Å². The summed E-state index contributed by atoms with van der Waals surface area (Å²) in [5.74, 6) is 1.36. The van der Waals surface area contributed by atoms with Crippen molar-refractivity contribution in [3.8, 4) is 0 Å². The number of ether oxygens (including phenoxy) is 2. The van der Waals surface area contributed by atoms with Crippen LogP contribution in [0.15, 0.2) is 4.52 Å². The van der Waals surface area contributed by atoms with Crippen LogP contribution in [0.3, 0.4) is 0 Å². The summed E-state index contributed by atoms with van der Waals surface area (Å²) in [4.78, 5) is 4.23. The van der Waals surface area contributed by atoms with E-state index in [9.17, 15) is 0 Å². The van der Waals surface area contributed by atoms with Crippen LogP contribution in [0.25, 0.3) is 0 Å². The standard InChI is InChI=1S/C10H19N3O3/c1-8(7-11)10-12-9(13-16-10)3-4-15-6-5-14-2/h8H,3-7,11H2,1-2H3. The van der Waals surface area contributed by atoms with Gasteiger partial charge in [0.15, 0.2) is 5.82 Å². The quantitative estimate of drug-likeness (QED) is 0.647. The summed E-state index contributed by atoms with van der Waals surface area (Å²) in [5.41, 5.74) is 5.50. The van der Waals surface area contributed by atoms with Crippen LogP contribution in [-0.2, 0) is 15.9 Å². The van der Waals surface area contributed by atoms with Crippen molar-refractivity contribution in [3.05, 3.63) is 11.7 Å². The average molecular weight is 229 g/mol. The smallest absolute Gasteiger partial charge is 0.230 e. The zero-order valence-corrected chi connectivity index (χ0v) is 9.81. The van der Waals surface area contributed by atoms with E-state index in [1.54, 1.807) is 7.11 Å². The molecule has 0 saturated carbocycles. The Morgan fingerprint density at radius 2 is 2.19 bits per heavy atom. The number of rotatable bonds is 8. The van der Waals surface area contributed by atoms with Crippen molar-refractivity contribution in [1.29, 1.82) is 0 Å². The van der Waals surface area contributed by atoms with E-state index < -0.39 is 0 Å². The minimum absolute atomic E-state index is 0.107. The van der Waals surface area contributed by atoms with Crippen LogP contribution in [0.4, 0.5) is 0 Å². The lowest BCUT2D eigenvalue weighted by Crippen LogP contribution is -2.09. The van der Waals surface area contributed by atoms with E-state index in [-0.39, 0.29) is 5.92 Å². The molecule has 0 aliphatic heterocycles. The lowest BCUT2D eigenvalue weighted by molar-refractivity contribution is 0.0714. The van der Waals surface area contributed by atoms with Gasteiger partial charge in [-0.25, -0.2) is 0 Å². The molecule has 1 unspecified atom stereocenters. The van der Waals surface area contributed by atoms with Crippen molar-refractivity contribution in [2.24, 2.45) is 5.73 Å². The molecular formula is C10H19N3O3. The Kier molecular flexibility index (Phi) is 5.99. The van der Waals surface area contributed by atoms with Crippen LogP contribution >= 0.6 is 0 Å². The molecule has 0 fully saturated rings. The van der Waals surface area contributed by atoms with Crippen molar-refractivity contribution in [3.63, 3.8) is 0 Å². The van der Waals surface area contributed by atoms with E-state index in [1.165, 1.54) is 0 Å². The normalized spacial score (nSPS) is 12.9. The van der Waals surface area contributed by atoms with E-state index in [2.05, 4.69) is 10.1 Å². The van der Waals surface area contributed by atoms with Crippen LogP contribution in [-0.4, -0.2) is 43.6 Å². The molecule has 0 aromatic carbocycles. The first-order valence-electron chi connectivity index (χ1n) is 5.37. The average Bonchev–Trinajstić information content (AvgIpc) is 2.76. The number of hydrogen-bond acceptors (Lipinski definition) is 6. The van der Waals surface area contributed by atoms with Gasteiger partial charge in [0.25, 0.3) is 0 Å². The molecule has 0 bridgehead atoms. The summed E-state index contributed by atoms with van der Waals surface area (Å²) < 4.78 is 15.2. The van der Waals surface area contributed by atoms with Gasteiger partial charge in [0, 0.05) is 26.0 Å². The maximum Gasteiger partial charge on any atom is 0.230 e. The van der Waals surface area contributed by atoms with Gasteiger partial charge in [-0.15, -0.1) is 0 Å². The van der Waals surface area contributed by atoms with Gasteiger partial charge in [-0.05, 0) is 0 Å². The molecule has 0 radical (unpaired) electrons. The zero-order valence-electron chi connectivity index (χ0n) is 9.81. The molecule has 16 heavy (non-hydrogen) atoms. The van der Waals surface area contributed by atoms with Gasteiger partial charge >= 0.3 is 0 Å². The summed E-state index contributed by atoms with van der Waals surface area (Å²) in [5, 5.41) is 3.85. The first-order chi connectivity index (χ1) is 7.77. The maximum absolute atomic E-state index is 5.50. The molecule has 0 saturated heterocycles. The first-order valence-corrected chi connectivity index (χ1v) is 5.37. The monoisotopic (exact) mass is 229 g/mol. The van der Waals surface area contributed by atoms with Crippen LogP contribution in [0, 0.1) is 0 Å². The molecule has 0 amide bonds. The van der Waals surface area contributed by atoms with Crippen molar-refractivity contribution in [2.45, 2.75) is 19.3 Å². The Morgan fingerprint density at radius 1 is 1.38 bits per heavy atom. The third kappa shape index (κ3) is 4.26. The molecule has 6 heteroatoms. The first kappa shape index (κ1) is 13.1. The number of methoxy groups -OCH3 is 1. The minimum atomic E-state index is 0.107. The van der Waals surface area contributed by atoms with E-state index in [1.807, 2.05) is 6.92 Å². The molecule has 1 atom stereocenters. The third-order valence-corrected chi connectivity index (χ3v) is 2.16. The summed E-state index contributed by atoms with van der Waals surface area (Å²) in [6.07, 6.45) is 0.643. The number of nitrogens with two attached hydrogens (primary N) is 1. The Bertz CT molecular complexity index is 291. The van der Waals surface area contributed by atoms with Crippen molar-refractivity contribution < 1.29 is 14.0 Å². The number of aromatic nitrogens is 2. The van der Waals surface area contributed by atoms with Gasteiger partial charge in [0.2, 0.25) is 5.89 Å². The predicted octanol–water partition coefficient (Wildman–Crippen LogP) is 0.337. The Labute approximate surface area is 95.1 Å². The molecule has 2 N–H and O–H groups in total.